The summed E-state index contributed by atoms with van der Waals surface area (Å²) in [5.41, 5.74) is 0.835. The van der Waals surface area contributed by atoms with E-state index in [9.17, 15) is 0 Å². The van der Waals surface area contributed by atoms with E-state index in [1.807, 2.05) is 54.6 Å². The second kappa shape index (κ2) is 5.21. The Balaban J connectivity index is 2.02. The molecule has 3 rings (SSSR count). The maximum Gasteiger partial charge on any atom is 0.138 e. The van der Waals surface area contributed by atoms with Crippen molar-refractivity contribution in [2.45, 2.75) is 0 Å². The van der Waals surface area contributed by atoms with Crippen molar-refractivity contribution in [1.29, 1.82) is 0 Å². The molecule has 0 saturated carbocycles. The molecule has 0 bridgehead atoms. The van der Waals surface area contributed by atoms with Gasteiger partial charge in [0.2, 0.25) is 0 Å². The topological polar surface area (TPSA) is 22.4 Å². The molecule has 0 aliphatic carbocycles. The minimum absolute atomic E-state index is 0.645. The van der Waals surface area contributed by atoms with Crippen molar-refractivity contribution in [2.75, 3.05) is 0 Å². The van der Waals surface area contributed by atoms with E-state index in [4.69, 9.17) is 20.8 Å². The van der Waals surface area contributed by atoms with E-state index in [2.05, 4.69) is 0 Å². The van der Waals surface area contributed by atoms with Crippen LogP contribution in [0.1, 0.15) is 0 Å². The van der Waals surface area contributed by atoms with Crippen molar-refractivity contribution in [2.24, 2.45) is 0 Å². The van der Waals surface area contributed by atoms with Gasteiger partial charge in [0.1, 0.15) is 17.3 Å². The Morgan fingerprint density at radius 3 is 2.47 bits per heavy atom. The Bertz CT molecular complexity index is 660. The Kier molecular flexibility index (Phi) is 3.25. The molecule has 0 radical (unpaired) electrons. The van der Waals surface area contributed by atoms with E-state index in [0.29, 0.717) is 10.8 Å². The van der Waals surface area contributed by atoms with E-state index >= 15 is 0 Å². The van der Waals surface area contributed by atoms with Gasteiger partial charge in [-0.2, -0.15) is 0 Å². The molecule has 19 heavy (non-hydrogen) atoms. The molecule has 0 N–H and O–H groups in total. The van der Waals surface area contributed by atoms with E-state index in [0.717, 1.165) is 17.1 Å². The molecule has 3 aromatic rings. The molecule has 0 aliphatic heterocycles. The zero-order chi connectivity index (χ0) is 13.1. The molecule has 2 nitrogen and oxygen atoms in total. The van der Waals surface area contributed by atoms with Crippen molar-refractivity contribution < 1.29 is 9.15 Å². The van der Waals surface area contributed by atoms with Crippen molar-refractivity contribution in [3.05, 3.63) is 71.9 Å². The van der Waals surface area contributed by atoms with Crippen molar-refractivity contribution in [1.82, 2.24) is 0 Å². The van der Waals surface area contributed by atoms with Crippen LogP contribution >= 0.6 is 11.6 Å². The van der Waals surface area contributed by atoms with Crippen LogP contribution in [0.3, 0.4) is 0 Å². The monoisotopic (exact) mass is 270 g/mol. The summed E-state index contributed by atoms with van der Waals surface area (Å²) in [6.07, 6.45) is 1.63. The Morgan fingerprint density at radius 1 is 0.895 bits per heavy atom. The molecule has 0 unspecified atom stereocenters. The Labute approximate surface area is 116 Å². The first-order chi connectivity index (χ1) is 9.33. The fraction of sp³-hybridized carbons (Fsp3) is 0. The van der Waals surface area contributed by atoms with Crippen LogP contribution in [0.25, 0.3) is 11.3 Å². The van der Waals surface area contributed by atoms with E-state index in [1.165, 1.54) is 0 Å². The molecule has 0 atom stereocenters. The van der Waals surface area contributed by atoms with Crippen LogP contribution in [0, 0.1) is 0 Å². The quantitative estimate of drug-likeness (QED) is 0.636. The lowest BCUT2D eigenvalue weighted by molar-refractivity contribution is 0.481. The second-order valence-electron chi connectivity index (χ2n) is 4.03. The summed E-state index contributed by atoms with van der Waals surface area (Å²) in [6.45, 7) is 0. The SMILES string of the molecule is Clc1ccc(Oc2ccccc2)c(-c2ccco2)c1. The van der Waals surface area contributed by atoms with Gasteiger partial charge in [-0.05, 0) is 42.5 Å². The molecule has 1 aromatic heterocycles. The Hall–Kier alpha value is -2.19. The van der Waals surface area contributed by atoms with Gasteiger partial charge in [0.15, 0.2) is 0 Å². The average Bonchev–Trinajstić information content (AvgIpc) is 2.96. The predicted molar refractivity (Wildman–Crippen MR) is 75.7 cm³/mol. The number of benzene rings is 2. The van der Waals surface area contributed by atoms with E-state index in [-0.39, 0.29) is 0 Å². The lowest BCUT2D eigenvalue weighted by atomic mass is 10.1. The lowest BCUT2D eigenvalue weighted by Gasteiger charge is -2.10. The average molecular weight is 271 g/mol. The maximum atomic E-state index is 6.04. The molecule has 1 heterocycles. The minimum atomic E-state index is 0.645. The summed E-state index contributed by atoms with van der Waals surface area (Å²) in [5, 5.41) is 0.645. The molecular formula is C16H11ClO2. The van der Waals surface area contributed by atoms with Gasteiger partial charge in [-0.25, -0.2) is 0 Å². The van der Waals surface area contributed by atoms with Gasteiger partial charge < -0.3 is 9.15 Å². The number of furan rings is 1. The summed E-state index contributed by atoms with van der Waals surface area (Å²) in [7, 11) is 0. The third-order valence-corrected chi connectivity index (χ3v) is 2.93. The smallest absolute Gasteiger partial charge is 0.138 e. The molecule has 0 fully saturated rings. The number of hydrogen-bond acceptors (Lipinski definition) is 2. The predicted octanol–water partition coefficient (Wildman–Crippen LogP) is 5.39. The third-order valence-electron chi connectivity index (χ3n) is 2.70. The number of para-hydroxylation sites is 1. The molecule has 2 aromatic carbocycles. The van der Waals surface area contributed by atoms with E-state index in [1.54, 1.807) is 12.3 Å². The van der Waals surface area contributed by atoms with Crippen LogP contribution in [0.2, 0.25) is 5.02 Å². The van der Waals surface area contributed by atoms with Crippen LogP contribution in [-0.2, 0) is 0 Å². The number of hydrogen-bond donors (Lipinski definition) is 0. The molecule has 94 valence electrons. The highest BCUT2D eigenvalue weighted by Gasteiger charge is 2.10. The van der Waals surface area contributed by atoms with Crippen LogP contribution in [0.4, 0.5) is 0 Å². The summed E-state index contributed by atoms with van der Waals surface area (Å²) < 4.78 is 11.3. The van der Waals surface area contributed by atoms with Gasteiger partial charge in [0, 0.05) is 5.02 Å². The second-order valence-corrected chi connectivity index (χ2v) is 4.47. The molecular weight excluding hydrogens is 260 g/mol. The molecule has 3 heteroatoms. The van der Waals surface area contributed by atoms with Crippen molar-refractivity contribution in [3.63, 3.8) is 0 Å². The van der Waals surface area contributed by atoms with Gasteiger partial charge in [-0.15, -0.1) is 0 Å². The normalized spacial score (nSPS) is 10.4. The summed E-state index contributed by atoms with van der Waals surface area (Å²) in [5.74, 6) is 2.22. The largest absolute Gasteiger partial charge is 0.464 e. The van der Waals surface area contributed by atoms with E-state index < -0.39 is 0 Å². The first-order valence-electron chi connectivity index (χ1n) is 5.89. The van der Waals surface area contributed by atoms with Crippen LogP contribution in [-0.4, -0.2) is 0 Å². The molecule has 0 amide bonds. The molecule has 0 saturated heterocycles. The van der Waals surface area contributed by atoms with Crippen molar-refractivity contribution >= 4 is 11.6 Å². The first kappa shape index (κ1) is 11.9. The zero-order valence-corrected chi connectivity index (χ0v) is 10.8. The highest BCUT2D eigenvalue weighted by atomic mass is 35.5. The highest BCUT2D eigenvalue weighted by molar-refractivity contribution is 6.30. The summed E-state index contributed by atoms with van der Waals surface area (Å²) in [4.78, 5) is 0. The van der Waals surface area contributed by atoms with Crippen LogP contribution in [0.15, 0.2) is 71.3 Å². The maximum absolute atomic E-state index is 6.04. The van der Waals surface area contributed by atoms with Gasteiger partial charge in [0.25, 0.3) is 0 Å². The van der Waals surface area contributed by atoms with Gasteiger partial charge in [-0.1, -0.05) is 29.8 Å². The van der Waals surface area contributed by atoms with Crippen molar-refractivity contribution in [3.8, 4) is 22.8 Å². The summed E-state index contributed by atoms with van der Waals surface area (Å²) in [6, 6.07) is 18.8. The standard InChI is InChI=1S/C16H11ClO2/c17-12-8-9-16(19-13-5-2-1-3-6-13)14(11-12)15-7-4-10-18-15/h1-11H. The Morgan fingerprint density at radius 2 is 1.74 bits per heavy atom. The fourth-order valence-corrected chi connectivity index (χ4v) is 2.00. The zero-order valence-electron chi connectivity index (χ0n) is 10.0. The van der Waals surface area contributed by atoms with Gasteiger partial charge >= 0.3 is 0 Å². The fourth-order valence-electron chi connectivity index (χ4n) is 1.83. The first-order valence-corrected chi connectivity index (χ1v) is 6.27. The van der Waals surface area contributed by atoms with Gasteiger partial charge in [-0.3, -0.25) is 0 Å². The third kappa shape index (κ3) is 2.64. The lowest BCUT2D eigenvalue weighted by Crippen LogP contribution is -1.87. The van der Waals surface area contributed by atoms with Gasteiger partial charge in [0.05, 0.1) is 11.8 Å². The number of ether oxygens (including phenoxy) is 1. The molecule has 0 spiro atoms. The highest BCUT2D eigenvalue weighted by Crippen LogP contribution is 2.35. The molecule has 0 aliphatic rings. The van der Waals surface area contributed by atoms with Crippen LogP contribution < -0.4 is 4.74 Å². The summed E-state index contributed by atoms with van der Waals surface area (Å²) >= 11 is 6.04. The minimum Gasteiger partial charge on any atom is -0.464 e. The number of halogens is 1. The van der Waals surface area contributed by atoms with Crippen LogP contribution in [0.5, 0.6) is 11.5 Å². The number of rotatable bonds is 3.